The summed E-state index contributed by atoms with van der Waals surface area (Å²) < 4.78 is 0. The van der Waals surface area contributed by atoms with Crippen molar-refractivity contribution in [2.24, 2.45) is 0 Å². The number of pyridine rings is 1. The number of hydrogen-bond donors (Lipinski definition) is 1. The Bertz CT molecular complexity index is 681. The highest BCUT2D eigenvalue weighted by Crippen LogP contribution is 2.30. The zero-order valence-corrected chi connectivity index (χ0v) is 12.4. The molecule has 1 N–H and O–H groups in total. The summed E-state index contributed by atoms with van der Waals surface area (Å²) in [6, 6.07) is 10.0. The predicted molar refractivity (Wildman–Crippen MR) is 85.0 cm³/mol. The minimum Gasteiger partial charge on any atom is -0.385 e. The minimum atomic E-state index is 0.0170. The van der Waals surface area contributed by atoms with Crippen LogP contribution in [0, 0.1) is 6.92 Å². The van der Waals surface area contributed by atoms with E-state index in [1.54, 1.807) is 6.20 Å². The van der Waals surface area contributed by atoms with E-state index in [9.17, 15) is 4.79 Å². The van der Waals surface area contributed by atoms with Gasteiger partial charge in [0.2, 0.25) is 0 Å². The summed E-state index contributed by atoms with van der Waals surface area (Å²) in [6.07, 6.45) is 2.59. The number of para-hydroxylation sites is 1. The number of carbonyl (C=O) groups is 1. The van der Waals surface area contributed by atoms with E-state index in [2.05, 4.69) is 16.4 Å². The van der Waals surface area contributed by atoms with Crippen LogP contribution in [0.25, 0.3) is 0 Å². The fourth-order valence-corrected chi connectivity index (χ4v) is 2.76. The van der Waals surface area contributed by atoms with Crippen LogP contribution in [0.5, 0.6) is 0 Å². The van der Waals surface area contributed by atoms with E-state index < -0.39 is 0 Å². The molecule has 1 aromatic carbocycles. The third-order valence-corrected chi connectivity index (χ3v) is 3.77. The fraction of sp³-hybridized carbons (Fsp3) is 0.294. The molecule has 0 spiro atoms. The van der Waals surface area contributed by atoms with E-state index in [-0.39, 0.29) is 5.91 Å². The molecule has 2 heterocycles. The summed E-state index contributed by atoms with van der Waals surface area (Å²) >= 11 is 0. The number of carbonyl (C=O) groups excluding carboxylic acids is 1. The Morgan fingerprint density at radius 1 is 1.38 bits per heavy atom. The zero-order valence-electron chi connectivity index (χ0n) is 12.4. The Kier molecular flexibility index (Phi) is 3.60. The molecule has 108 valence electrons. The average molecular weight is 281 g/mol. The molecule has 21 heavy (non-hydrogen) atoms. The van der Waals surface area contributed by atoms with Crippen molar-refractivity contribution in [2.75, 3.05) is 23.3 Å². The number of aryl methyl sites for hydroxylation is 1. The zero-order chi connectivity index (χ0) is 14.8. The van der Waals surface area contributed by atoms with Gasteiger partial charge in [-0.3, -0.25) is 9.78 Å². The average Bonchev–Trinajstić information content (AvgIpc) is 2.91. The molecule has 1 aliphatic rings. The van der Waals surface area contributed by atoms with Gasteiger partial charge in [0.05, 0.1) is 11.3 Å². The third-order valence-electron chi connectivity index (χ3n) is 3.77. The Balaban J connectivity index is 1.97. The molecule has 0 fully saturated rings. The number of rotatable bonds is 3. The Morgan fingerprint density at radius 2 is 2.19 bits per heavy atom. The van der Waals surface area contributed by atoms with Gasteiger partial charge >= 0.3 is 0 Å². The standard InChI is InChI=1S/C17H19N3O/c1-3-18-15-10-12(2)19-11-14(15)17(21)20-9-8-13-6-4-5-7-16(13)20/h4-7,10-11H,3,8-9H2,1-2H3,(H,18,19). The van der Waals surface area contributed by atoms with E-state index in [1.165, 1.54) is 5.56 Å². The van der Waals surface area contributed by atoms with Crippen LogP contribution in [0.15, 0.2) is 36.5 Å². The van der Waals surface area contributed by atoms with Gasteiger partial charge in [-0.2, -0.15) is 0 Å². The van der Waals surface area contributed by atoms with Crippen LogP contribution in [0.1, 0.15) is 28.5 Å². The van der Waals surface area contributed by atoms with Gasteiger partial charge in [0.1, 0.15) is 0 Å². The molecule has 0 aliphatic carbocycles. The Labute approximate surface area is 124 Å². The van der Waals surface area contributed by atoms with E-state index in [4.69, 9.17) is 0 Å². The summed E-state index contributed by atoms with van der Waals surface area (Å²) in [5.41, 5.74) is 4.66. The minimum absolute atomic E-state index is 0.0170. The molecule has 0 saturated carbocycles. The van der Waals surface area contributed by atoms with Crippen molar-refractivity contribution in [3.63, 3.8) is 0 Å². The fourth-order valence-electron chi connectivity index (χ4n) is 2.76. The first-order chi connectivity index (χ1) is 10.2. The topological polar surface area (TPSA) is 45.2 Å². The van der Waals surface area contributed by atoms with Gasteiger partial charge in [0.25, 0.3) is 5.91 Å². The van der Waals surface area contributed by atoms with Crippen LogP contribution >= 0.6 is 0 Å². The summed E-state index contributed by atoms with van der Waals surface area (Å²) in [5.74, 6) is 0.0170. The maximum absolute atomic E-state index is 12.9. The van der Waals surface area contributed by atoms with Crippen molar-refractivity contribution in [2.45, 2.75) is 20.3 Å². The second-order valence-electron chi connectivity index (χ2n) is 5.24. The largest absolute Gasteiger partial charge is 0.385 e. The molecule has 4 heteroatoms. The summed E-state index contributed by atoms with van der Waals surface area (Å²) in [7, 11) is 0. The Hall–Kier alpha value is -2.36. The first-order valence-corrected chi connectivity index (χ1v) is 7.31. The summed E-state index contributed by atoms with van der Waals surface area (Å²) in [4.78, 5) is 19.0. The van der Waals surface area contributed by atoms with Crippen LogP contribution in [0.2, 0.25) is 0 Å². The SMILES string of the molecule is CCNc1cc(C)ncc1C(=O)N1CCc2ccccc21. The highest BCUT2D eigenvalue weighted by molar-refractivity contribution is 6.10. The lowest BCUT2D eigenvalue weighted by molar-refractivity contribution is 0.0990. The van der Waals surface area contributed by atoms with Crippen molar-refractivity contribution in [3.05, 3.63) is 53.3 Å². The summed E-state index contributed by atoms with van der Waals surface area (Å²) in [5, 5.41) is 3.26. The van der Waals surface area contributed by atoms with Crippen molar-refractivity contribution < 1.29 is 4.79 Å². The smallest absolute Gasteiger partial charge is 0.261 e. The van der Waals surface area contributed by atoms with E-state index in [0.29, 0.717) is 5.56 Å². The molecule has 4 nitrogen and oxygen atoms in total. The molecule has 0 radical (unpaired) electrons. The van der Waals surface area contributed by atoms with Crippen LogP contribution < -0.4 is 10.2 Å². The van der Waals surface area contributed by atoms with Crippen LogP contribution in [-0.2, 0) is 6.42 Å². The molecule has 0 saturated heterocycles. The molecule has 1 aliphatic heterocycles. The second-order valence-corrected chi connectivity index (χ2v) is 5.24. The lowest BCUT2D eigenvalue weighted by Crippen LogP contribution is -2.29. The van der Waals surface area contributed by atoms with E-state index in [1.807, 2.05) is 43.0 Å². The number of nitrogens with zero attached hydrogens (tertiary/aromatic N) is 2. The predicted octanol–water partition coefficient (Wildman–Crippen LogP) is 3.02. The van der Waals surface area contributed by atoms with Gasteiger partial charge in [-0.05, 0) is 38.0 Å². The lowest BCUT2D eigenvalue weighted by atomic mass is 10.1. The van der Waals surface area contributed by atoms with E-state index >= 15 is 0 Å². The van der Waals surface area contributed by atoms with Gasteiger partial charge < -0.3 is 10.2 Å². The van der Waals surface area contributed by atoms with Crippen LogP contribution in [-0.4, -0.2) is 24.0 Å². The monoisotopic (exact) mass is 281 g/mol. The van der Waals surface area contributed by atoms with Crippen LogP contribution in [0.4, 0.5) is 11.4 Å². The summed E-state index contributed by atoms with van der Waals surface area (Å²) in [6.45, 7) is 5.47. The quantitative estimate of drug-likeness (QED) is 0.940. The van der Waals surface area contributed by atoms with E-state index in [0.717, 1.165) is 36.6 Å². The number of benzene rings is 1. The van der Waals surface area contributed by atoms with Crippen LogP contribution in [0.3, 0.4) is 0 Å². The number of amides is 1. The third kappa shape index (κ3) is 2.49. The molecular weight excluding hydrogens is 262 g/mol. The van der Waals surface area contributed by atoms with Crippen molar-refractivity contribution >= 4 is 17.3 Å². The number of hydrogen-bond acceptors (Lipinski definition) is 3. The molecule has 1 aromatic heterocycles. The first kappa shape index (κ1) is 13.6. The van der Waals surface area contributed by atoms with Gasteiger partial charge in [-0.15, -0.1) is 0 Å². The van der Waals surface area contributed by atoms with Crippen molar-refractivity contribution in [1.29, 1.82) is 0 Å². The molecule has 1 amide bonds. The molecule has 2 aromatic rings. The number of anilines is 2. The highest BCUT2D eigenvalue weighted by Gasteiger charge is 2.26. The van der Waals surface area contributed by atoms with Gasteiger partial charge in [0.15, 0.2) is 0 Å². The normalized spacial score (nSPS) is 13.1. The number of aromatic nitrogens is 1. The lowest BCUT2D eigenvalue weighted by Gasteiger charge is -2.19. The maximum Gasteiger partial charge on any atom is 0.261 e. The van der Waals surface area contributed by atoms with Gasteiger partial charge in [0, 0.05) is 30.7 Å². The Morgan fingerprint density at radius 3 is 3.00 bits per heavy atom. The molecule has 0 unspecified atom stereocenters. The number of nitrogens with one attached hydrogen (secondary N) is 1. The van der Waals surface area contributed by atoms with Crippen molar-refractivity contribution in [1.82, 2.24) is 4.98 Å². The second kappa shape index (κ2) is 5.56. The molecular formula is C17H19N3O. The van der Waals surface area contributed by atoms with Crippen molar-refractivity contribution in [3.8, 4) is 0 Å². The van der Waals surface area contributed by atoms with Gasteiger partial charge in [-0.25, -0.2) is 0 Å². The number of fused-ring (bicyclic) bond motifs is 1. The first-order valence-electron chi connectivity index (χ1n) is 7.31. The molecule has 3 rings (SSSR count). The molecule has 0 atom stereocenters. The van der Waals surface area contributed by atoms with Gasteiger partial charge in [-0.1, -0.05) is 18.2 Å². The maximum atomic E-state index is 12.9. The molecule has 0 bridgehead atoms. The highest BCUT2D eigenvalue weighted by atomic mass is 16.2.